The molecule has 2 unspecified atom stereocenters. The first-order valence-electron chi connectivity index (χ1n) is 5.64. The highest BCUT2D eigenvalue weighted by molar-refractivity contribution is 5.14. The van der Waals surface area contributed by atoms with Crippen molar-refractivity contribution < 1.29 is 9.52 Å². The van der Waals surface area contributed by atoms with Crippen molar-refractivity contribution >= 4 is 0 Å². The van der Waals surface area contributed by atoms with Crippen molar-refractivity contribution in [3.63, 3.8) is 0 Å². The normalized spacial score (nSPS) is 14.5. The summed E-state index contributed by atoms with van der Waals surface area (Å²) in [5.74, 6) is 0.283. The maximum atomic E-state index is 9.87. The van der Waals surface area contributed by atoms with Crippen LogP contribution in [0.4, 0.5) is 0 Å². The third-order valence-corrected chi connectivity index (χ3v) is 2.72. The van der Waals surface area contributed by atoms with Crippen LogP contribution in [0.1, 0.15) is 24.0 Å². The molecule has 0 aliphatic heterocycles. The smallest absolute Gasteiger partial charge is 0.224 e. The molecule has 4 nitrogen and oxygen atoms in total. The van der Waals surface area contributed by atoms with Crippen LogP contribution >= 0.6 is 0 Å². The van der Waals surface area contributed by atoms with Gasteiger partial charge in [-0.2, -0.15) is 0 Å². The fourth-order valence-electron chi connectivity index (χ4n) is 1.70. The van der Waals surface area contributed by atoms with Crippen molar-refractivity contribution in [3.05, 3.63) is 54.2 Å². The zero-order valence-corrected chi connectivity index (χ0v) is 9.49. The zero-order chi connectivity index (χ0) is 12.1. The third-order valence-electron chi connectivity index (χ3n) is 2.72. The number of aromatic nitrogens is 1. The molecule has 3 N–H and O–H groups in total. The standard InChI is InChI=1S/C13H16N2O2/c14-11(12(16)13-15-8-9-17-13)7-6-10-4-2-1-3-5-10/h1-5,8-9,11-12,16H,6-7,14H2. The van der Waals surface area contributed by atoms with E-state index in [4.69, 9.17) is 10.2 Å². The monoisotopic (exact) mass is 232 g/mol. The number of oxazole rings is 1. The SMILES string of the molecule is NC(CCc1ccccc1)C(O)c1ncco1. The molecule has 0 saturated carbocycles. The van der Waals surface area contributed by atoms with E-state index in [0.29, 0.717) is 6.42 Å². The Kier molecular flexibility index (Phi) is 3.90. The molecular weight excluding hydrogens is 216 g/mol. The van der Waals surface area contributed by atoms with Gasteiger partial charge in [0.15, 0.2) is 0 Å². The summed E-state index contributed by atoms with van der Waals surface area (Å²) in [5, 5.41) is 9.87. The molecule has 2 atom stereocenters. The highest BCUT2D eigenvalue weighted by Gasteiger charge is 2.20. The minimum Gasteiger partial charge on any atom is -0.446 e. The number of hydrogen-bond acceptors (Lipinski definition) is 4. The summed E-state index contributed by atoms with van der Waals surface area (Å²) < 4.78 is 5.03. The Bertz CT molecular complexity index is 428. The predicted octanol–water partition coefficient (Wildman–Crippen LogP) is 1.67. The number of benzene rings is 1. The summed E-state index contributed by atoms with van der Waals surface area (Å²) in [6.07, 6.45) is 3.62. The Morgan fingerprint density at radius 3 is 2.71 bits per heavy atom. The van der Waals surface area contributed by atoms with Crippen LogP contribution in [0.2, 0.25) is 0 Å². The molecule has 2 aromatic rings. The average molecular weight is 232 g/mol. The van der Waals surface area contributed by atoms with Gasteiger partial charge in [0, 0.05) is 6.04 Å². The van der Waals surface area contributed by atoms with Crippen LogP contribution in [0, 0.1) is 0 Å². The first-order valence-corrected chi connectivity index (χ1v) is 5.64. The Morgan fingerprint density at radius 1 is 1.29 bits per heavy atom. The van der Waals surface area contributed by atoms with Gasteiger partial charge in [-0.3, -0.25) is 0 Å². The molecule has 0 aliphatic rings. The van der Waals surface area contributed by atoms with Gasteiger partial charge in [-0.05, 0) is 18.4 Å². The lowest BCUT2D eigenvalue weighted by Gasteiger charge is -2.15. The first kappa shape index (κ1) is 11.8. The Hall–Kier alpha value is -1.65. The molecule has 0 aliphatic carbocycles. The first-order chi connectivity index (χ1) is 8.27. The molecule has 1 aromatic carbocycles. The van der Waals surface area contributed by atoms with Crippen molar-refractivity contribution in [2.45, 2.75) is 25.0 Å². The summed E-state index contributed by atoms with van der Waals surface area (Å²) in [7, 11) is 0. The van der Waals surface area contributed by atoms with Gasteiger partial charge in [0.1, 0.15) is 12.4 Å². The van der Waals surface area contributed by atoms with E-state index in [2.05, 4.69) is 4.98 Å². The van der Waals surface area contributed by atoms with E-state index in [-0.39, 0.29) is 11.9 Å². The number of nitrogens with zero attached hydrogens (tertiary/aromatic N) is 1. The molecule has 2 rings (SSSR count). The molecule has 90 valence electrons. The van der Waals surface area contributed by atoms with Crippen molar-refractivity contribution in [1.82, 2.24) is 4.98 Å². The van der Waals surface area contributed by atoms with E-state index in [1.54, 1.807) is 0 Å². The van der Waals surface area contributed by atoms with E-state index in [1.165, 1.54) is 18.0 Å². The molecule has 0 spiro atoms. The number of nitrogens with two attached hydrogens (primary N) is 1. The van der Waals surface area contributed by atoms with E-state index in [9.17, 15) is 5.11 Å². The van der Waals surface area contributed by atoms with E-state index >= 15 is 0 Å². The largest absolute Gasteiger partial charge is 0.446 e. The minimum atomic E-state index is -0.839. The molecule has 0 radical (unpaired) electrons. The molecule has 0 bridgehead atoms. The molecule has 0 saturated heterocycles. The van der Waals surface area contributed by atoms with Crippen molar-refractivity contribution in [2.75, 3.05) is 0 Å². The second-order valence-electron chi connectivity index (χ2n) is 4.00. The Morgan fingerprint density at radius 2 is 2.06 bits per heavy atom. The lowest BCUT2D eigenvalue weighted by Crippen LogP contribution is -2.29. The van der Waals surface area contributed by atoms with Crippen molar-refractivity contribution in [1.29, 1.82) is 0 Å². The molecule has 1 heterocycles. The topological polar surface area (TPSA) is 72.3 Å². The quantitative estimate of drug-likeness (QED) is 0.822. The number of rotatable bonds is 5. The highest BCUT2D eigenvalue weighted by atomic mass is 16.4. The molecule has 0 fully saturated rings. The summed E-state index contributed by atoms with van der Waals surface area (Å²) in [5.41, 5.74) is 7.12. The zero-order valence-electron chi connectivity index (χ0n) is 9.49. The van der Waals surface area contributed by atoms with Crippen molar-refractivity contribution in [3.8, 4) is 0 Å². The van der Waals surface area contributed by atoms with Gasteiger partial charge in [0.2, 0.25) is 5.89 Å². The second kappa shape index (κ2) is 5.61. The lowest BCUT2D eigenvalue weighted by molar-refractivity contribution is 0.112. The lowest BCUT2D eigenvalue weighted by atomic mass is 10.0. The van der Waals surface area contributed by atoms with Gasteiger partial charge in [-0.25, -0.2) is 4.98 Å². The molecule has 0 amide bonds. The molecule has 1 aromatic heterocycles. The highest BCUT2D eigenvalue weighted by Crippen LogP contribution is 2.16. The van der Waals surface area contributed by atoms with Crippen LogP contribution in [0.5, 0.6) is 0 Å². The molecule has 17 heavy (non-hydrogen) atoms. The maximum Gasteiger partial charge on any atom is 0.224 e. The van der Waals surface area contributed by atoms with Gasteiger partial charge in [-0.15, -0.1) is 0 Å². The fraction of sp³-hybridized carbons (Fsp3) is 0.308. The summed E-state index contributed by atoms with van der Waals surface area (Å²) in [6, 6.07) is 9.69. The minimum absolute atomic E-state index is 0.283. The average Bonchev–Trinajstić information content (AvgIpc) is 2.90. The summed E-state index contributed by atoms with van der Waals surface area (Å²) in [6.45, 7) is 0. The third kappa shape index (κ3) is 3.15. The van der Waals surface area contributed by atoms with Gasteiger partial charge in [0.05, 0.1) is 6.20 Å². The van der Waals surface area contributed by atoms with Crippen LogP contribution in [0.25, 0.3) is 0 Å². The van der Waals surface area contributed by atoms with E-state index in [1.807, 2.05) is 30.3 Å². The number of hydrogen-bond donors (Lipinski definition) is 2. The Balaban J connectivity index is 1.87. The van der Waals surface area contributed by atoms with Crippen LogP contribution in [0.15, 0.2) is 47.2 Å². The van der Waals surface area contributed by atoms with Gasteiger partial charge >= 0.3 is 0 Å². The number of aliphatic hydroxyl groups excluding tert-OH is 1. The summed E-state index contributed by atoms with van der Waals surface area (Å²) >= 11 is 0. The van der Waals surface area contributed by atoms with Gasteiger partial charge in [-0.1, -0.05) is 30.3 Å². The number of aryl methyl sites for hydroxylation is 1. The number of aliphatic hydroxyl groups is 1. The van der Waals surface area contributed by atoms with Crippen molar-refractivity contribution in [2.24, 2.45) is 5.73 Å². The van der Waals surface area contributed by atoms with Crippen LogP contribution in [0.3, 0.4) is 0 Å². The van der Waals surface area contributed by atoms with E-state index in [0.717, 1.165) is 6.42 Å². The molecular formula is C13H16N2O2. The fourth-order valence-corrected chi connectivity index (χ4v) is 1.70. The molecule has 4 heteroatoms. The second-order valence-corrected chi connectivity index (χ2v) is 4.00. The Labute approximate surface area is 100 Å². The van der Waals surface area contributed by atoms with Gasteiger partial charge in [0.25, 0.3) is 0 Å². The van der Waals surface area contributed by atoms with Gasteiger partial charge < -0.3 is 15.3 Å². The van der Waals surface area contributed by atoms with Crippen LogP contribution in [-0.2, 0) is 6.42 Å². The van der Waals surface area contributed by atoms with Crippen LogP contribution in [-0.4, -0.2) is 16.1 Å². The maximum absolute atomic E-state index is 9.87. The summed E-state index contributed by atoms with van der Waals surface area (Å²) in [4.78, 5) is 3.90. The van der Waals surface area contributed by atoms with E-state index < -0.39 is 6.10 Å². The van der Waals surface area contributed by atoms with Crippen LogP contribution < -0.4 is 5.73 Å². The predicted molar refractivity (Wildman–Crippen MR) is 64.2 cm³/mol.